The van der Waals surface area contributed by atoms with Crippen LogP contribution in [0.1, 0.15) is 20.8 Å². The van der Waals surface area contributed by atoms with Gasteiger partial charge in [0, 0.05) is 6.54 Å². The largest absolute Gasteiger partial charge is 0.480 e. The van der Waals surface area contributed by atoms with Crippen molar-refractivity contribution in [2.75, 3.05) is 13.1 Å². The highest BCUT2D eigenvalue weighted by Gasteiger charge is 2.21. The van der Waals surface area contributed by atoms with E-state index < -0.39 is 17.9 Å². The van der Waals surface area contributed by atoms with Crippen molar-refractivity contribution in [3.8, 4) is 0 Å². The summed E-state index contributed by atoms with van der Waals surface area (Å²) in [5.41, 5.74) is 5.11. The summed E-state index contributed by atoms with van der Waals surface area (Å²) in [6.07, 6.45) is 0. The molecule has 0 saturated heterocycles. The normalized spacial score (nSPS) is 13.2. The summed E-state index contributed by atoms with van der Waals surface area (Å²) >= 11 is 0. The molecule has 3 N–H and O–H groups in total. The molecule has 0 fully saturated rings. The third-order valence-electron chi connectivity index (χ3n) is 1.90. The molecule has 0 heterocycles. The first-order valence-electron chi connectivity index (χ1n) is 4.59. The highest BCUT2D eigenvalue weighted by Crippen LogP contribution is 2.03. The Morgan fingerprint density at radius 2 is 1.86 bits per heavy atom. The summed E-state index contributed by atoms with van der Waals surface area (Å²) in [5, 5.41) is 8.63. The van der Waals surface area contributed by atoms with Crippen LogP contribution < -0.4 is 5.73 Å². The first-order chi connectivity index (χ1) is 6.34. The van der Waals surface area contributed by atoms with E-state index in [1.54, 1.807) is 11.8 Å². The van der Waals surface area contributed by atoms with Gasteiger partial charge in [0.1, 0.15) is 0 Å². The summed E-state index contributed by atoms with van der Waals surface area (Å²) in [6, 6.07) is -0.534. The van der Waals surface area contributed by atoms with Crippen molar-refractivity contribution in [1.82, 2.24) is 4.90 Å². The van der Waals surface area contributed by atoms with E-state index >= 15 is 0 Å². The molecule has 1 unspecified atom stereocenters. The molecule has 5 nitrogen and oxygen atoms in total. The van der Waals surface area contributed by atoms with Crippen LogP contribution in [-0.2, 0) is 9.59 Å². The van der Waals surface area contributed by atoms with Gasteiger partial charge in [0.15, 0.2) is 0 Å². The molecular formula is C9H18N2O3. The van der Waals surface area contributed by atoms with Gasteiger partial charge in [-0.3, -0.25) is 14.5 Å². The van der Waals surface area contributed by atoms with E-state index in [-0.39, 0.29) is 6.54 Å². The molecule has 5 heteroatoms. The van der Waals surface area contributed by atoms with E-state index in [2.05, 4.69) is 0 Å². The van der Waals surface area contributed by atoms with Gasteiger partial charge in [0.05, 0.1) is 12.6 Å². The summed E-state index contributed by atoms with van der Waals surface area (Å²) in [7, 11) is 0. The van der Waals surface area contributed by atoms with Crippen molar-refractivity contribution in [3.05, 3.63) is 0 Å². The molecule has 0 saturated carbocycles. The number of primary amides is 1. The first-order valence-corrected chi connectivity index (χ1v) is 4.59. The summed E-state index contributed by atoms with van der Waals surface area (Å²) in [5.74, 6) is -1.14. The Labute approximate surface area is 83.9 Å². The minimum absolute atomic E-state index is 0.151. The number of nitrogens with zero attached hydrogens (tertiary/aromatic N) is 1. The minimum atomic E-state index is -0.946. The van der Waals surface area contributed by atoms with Crippen molar-refractivity contribution in [3.63, 3.8) is 0 Å². The number of carboxylic acid groups (broad SMARTS) is 1. The average molecular weight is 202 g/mol. The van der Waals surface area contributed by atoms with Gasteiger partial charge in [-0.25, -0.2) is 0 Å². The number of carbonyl (C=O) groups excluding carboxylic acids is 1. The Kier molecular flexibility index (Phi) is 5.15. The number of amides is 1. The van der Waals surface area contributed by atoms with E-state index in [0.717, 1.165) is 0 Å². The number of hydrogen-bond acceptors (Lipinski definition) is 3. The molecule has 0 bridgehead atoms. The van der Waals surface area contributed by atoms with Gasteiger partial charge in [0.2, 0.25) is 5.91 Å². The smallest absolute Gasteiger partial charge is 0.317 e. The predicted molar refractivity (Wildman–Crippen MR) is 52.7 cm³/mol. The minimum Gasteiger partial charge on any atom is -0.480 e. The zero-order valence-corrected chi connectivity index (χ0v) is 8.86. The van der Waals surface area contributed by atoms with Crippen LogP contribution in [-0.4, -0.2) is 41.0 Å². The lowest BCUT2D eigenvalue weighted by atomic mass is 10.1. The second-order valence-corrected chi connectivity index (χ2v) is 3.80. The Balaban J connectivity index is 4.37. The molecule has 0 aliphatic rings. The quantitative estimate of drug-likeness (QED) is 0.630. The summed E-state index contributed by atoms with van der Waals surface area (Å²) in [4.78, 5) is 23.0. The maximum Gasteiger partial charge on any atom is 0.317 e. The van der Waals surface area contributed by atoms with Crippen LogP contribution in [0.15, 0.2) is 0 Å². The molecular weight excluding hydrogens is 184 g/mol. The number of nitrogens with two attached hydrogens (primary N) is 1. The number of aliphatic carboxylic acids is 1. The van der Waals surface area contributed by atoms with Crippen LogP contribution in [0.2, 0.25) is 0 Å². The molecule has 0 spiro atoms. The van der Waals surface area contributed by atoms with Crippen LogP contribution in [0.3, 0.4) is 0 Å². The van der Waals surface area contributed by atoms with Crippen LogP contribution >= 0.6 is 0 Å². The van der Waals surface area contributed by atoms with Crippen LogP contribution in [0.4, 0.5) is 0 Å². The van der Waals surface area contributed by atoms with Crippen molar-refractivity contribution >= 4 is 11.9 Å². The highest BCUT2D eigenvalue weighted by atomic mass is 16.4. The molecule has 82 valence electrons. The second-order valence-electron chi connectivity index (χ2n) is 3.80. The van der Waals surface area contributed by atoms with Crippen LogP contribution in [0, 0.1) is 5.92 Å². The van der Waals surface area contributed by atoms with E-state index in [1.807, 2.05) is 13.8 Å². The van der Waals surface area contributed by atoms with E-state index in [9.17, 15) is 9.59 Å². The standard InChI is InChI=1S/C9H18N2O3/c1-6(2)4-11(5-8(12)13)7(3)9(10)14/h6-7H,4-5H2,1-3H3,(H2,10,14)(H,12,13). The average Bonchev–Trinajstić information content (AvgIpc) is 1.99. The molecule has 0 aromatic heterocycles. The fourth-order valence-electron chi connectivity index (χ4n) is 1.18. The molecule has 14 heavy (non-hydrogen) atoms. The zero-order chi connectivity index (χ0) is 11.3. The summed E-state index contributed by atoms with van der Waals surface area (Å²) < 4.78 is 0. The number of rotatable bonds is 6. The summed E-state index contributed by atoms with van der Waals surface area (Å²) in [6.45, 7) is 5.94. The second kappa shape index (κ2) is 5.59. The molecule has 0 radical (unpaired) electrons. The fourth-order valence-corrected chi connectivity index (χ4v) is 1.18. The first kappa shape index (κ1) is 12.9. The van der Waals surface area contributed by atoms with Crippen molar-refractivity contribution in [2.24, 2.45) is 11.7 Å². The third kappa shape index (κ3) is 4.81. The van der Waals surface area contributed by atoms with Gasteiger partial charge in [-0.05, 0) is 12.8 Å². The van der Waals surface area contributed by atoms with Crippen LogP contribution in [0.5, 0.6) is 0 Å². The highest BCUT2D eigenvalue weighted by molar-refractivity contribution is 5.80. The fraction of sp³-hybridized carbons (Fsp3) is 0.778. The maximum atomic E-state index is 10.9. The molecule has 0 aliphatic heterocycles. The molecule has 0 aromatic rings. The SMILES string of the molecule is CC(C)CN(CC(=O)O)C(C)C(N)=O. The van der Waals surface area contributed by atoms with E-state index in [0.29, 0.717) is 12.5 Å². The van der Waals surface area contributed by atoms with Gasteiger partial charge in [-0.15, -0.1) is 0 Å². The van der Waals surface area contributed by atoms with Gasteiger partial charge in [-0.1, -0.05) is 13.8 Å². The number of hydrogen-bond donors (Lipinski definition) is 2. The monoisotopic (exact) mass is 202 g/mol. The van der Waals surface area contributed by atoms with E-state index in [4.69, 9.17) is 10.8 Å². The van der Waals surface area contributed by atoms with Gasteiger partial charge in [0.25, 0.3) is 0 Å². The predicted octanol–water partition coefficient (Wildman–Crippen LogP) is -0.0972. The lowest BCUT2D eigenvalue weighted by molar-refractivity contribution is -0.139. The number of carbonyl (C=O) groups is 2. The molecule has 0 aromatic carbocycles. The Morgan fingerprint density at radius 3 is 2.14 bits per heavy atom. The van der Waals surface area contributed by atoms with E-state index in [1.165, 1.54) is 0 Å². The zero-order valence-electron chi connectivity index (χ0n) is 8.86. The van der Waals surface area contributed by atoms with Crippen LogP contribution in [0.25, 0.3) is 0 Å². The maximum absolute atomic E-state index is 10.9. The van der Waals surface area contributed by atoms with Gasteiger partial charge in [-0.2, -0.15) is 0 Å². The Bertz CT molecular complexity index is 216. The van der Waals surface area contributed by atoms with Gasteiger partial charge >= 0.3 is 5.97 Å². The van der Waals surface area contributed by atoms with Crippen molar-refractivity contribution in [2.45, 2.75) is 26.8 Å². The lowest BCUT2D eigenvalue weighted by Crippen LogP contribution is -2.46. The molecule has 0 rings (SSSR count). The Hall–Kier alpha value is -1.10. The topological polar surface area (TPSA) is 83.6 Å². The molecule has 0 aliphatic carbocycles. The molecule has 1 atom stereocenters. The van der Waals surface area contributed by atoms with Crippen molar-refractivity contribution < 1.29 is 14.7 Å². The van der Waals surface area contributed by atoms with Crippen molar-refractivity contribution in [1.29, 1.82) is 0 Å². The Morgan fingerprint density at radius 1 is 1.36 bits per heavy atom. The molecule has 1 amide bonds. The third-order valence-corrected chi connectivity index (χ3v) is 1.90. The van der Waals surface area contributed by atoms with Gasteiger partial charge < -0.3 is 10.8 Å². The lowest BCUT2D eigenvalue weighted by Gasteiger charge is -2.26. The number of carboxylic acids is 1.